The highest BCUT2D eigenvalue weighted by Gasteiger charge is 2.24. The normalized spacial score (nSPS) is 33.7. The molecule has 2 fully saturated rings. The summed E-state index contributed by atoms with van der Waals surface area (Å²) in [6.07, 6.45) is 14.0. The molecule has 0 amide bonds. The predicted molar refractivity (Wildman–Crippen MR) is 91.8 cm³/mol. The van der Waals surface area contributed by atoms with Crippen molar-refractivity contribution < 1.29 is 0 Å². The number of benzene rings is 1. The maximum Gasteiger partial charge on any atom is 0.0699 e. The summed E-state index contributed by atoms with van der Waals surface area (Å²) in [5.74, 6) is 3.31. The standard InChI is InChI=1S/C20H29B/c21-20-14-10-17(11-15-20)7-6-16-8-12-19(13-9-16)18-4-2-1-3-5-18/h1-5,16-17,19-20H,6-15H2. The summed E-state index contributed by atoms with van der Waals surface area (Å²) in [6.45, 7) is 0. The molecule has 0 aliphatic heterocycles. The van der Waals surface area contributed by atoms with Gasteiger partial charge in [0.15, 0.2) is 0 Å². The van der Waals surface area contributed by atoms with Crippen LogP contribution in [-0.2, 0) is 0 Å². The van der Waals surface area contributed by atoms with E-state index in [-0.39, 0.29) is 0 Å². The van der Waals surface area contributed by atoms with Crippen molar-refractivity contribution in [3.05, 3.63) is 35.9 Å². The van der Waals surface area contributed by atoms with Crippen molar-refractivity contribution >= 4 is 7.85 Å². The van der Waals surface area contributed by atoms with Crippen molar-refractivity contribution in [3.8, 4) is 0 Å². The van der Waals surface area contributed by atoms with E-state index in [0.29, 0.717) is 5.82 Å². The van der Waals surface area contributed by atoms with E-state index in [2.05, 4.69) is 30.3 Å². The maximum absolute atomic E-state index is 6.01. The Bertz CT molecular complexity index is 397. The largest absolute Gasteiger partial charge is 0.0774 e. The fraction of sp³-hybridized carbons (Fsp3) is 0.700. The molecule has 2 aliphatic carbocycles. The highest BCUT2D eigenvalue weighted by atomic mass is 14.3. The quantitative estimate of drug-likeness (QED) is 0.603. The Morgan fingerprint density at radius 3 is 1.81 bits per heavy atom. The lowest BCUT2D eigenvalue weighted by Crippen LogP contribution is -2.16. The molecule has 0 saturated heterocycles. The van der Waals surface area contributed by atoms with Crippen molar-refractivity contribution in [1.82, 2.24) is 0 Å². The predicted octanol–water partition coefficient (Wildman–Crippen LogP) is 5.89. The lowest BCUT2D eigenvalue weighted by Gasteiger charge is -2.31. The molecule has 1 aromatic carbocycles. The van der Waals surface area contributed by atoms with Crippen LogP contribution in [0.4, 0.5) is 0 Å². The average Bonchev–Trinajstić information content (AvgIpc) is 2.56. The second-order valence-corrected chi connectivity index (χ2v) is 7.49. The van der Waals surface area contributed by atoms with Crippen LogP contribution in [0.5, 0.6) is 0 Å². The Kier molecular flexibility index (Phi) is 5.44. The monoisotopic (exact) mass is 280 g/mol. The zero-order valence-electron chi connectivity index (χ0n) is 13.3. The molecule has 2 radical (unpaired) electrons. The molecule has 3 rings (SSSR count). The molecule has 0 heterocycles. The van der Waals surface area contributed by atoms with Crippen molar-refractivity contribution in [2.45, 2.75) is 75.9 Å². The third-order valence-electron chi connectivity index (χ3n) is 5.99. The summed E-state index contributed by atoms with van der Waals surface area (Å²) < 4.78 is 0. The first-order valence-electron chi connectivity index (χ1n) is 9.12. The molecule has 2 saturated carbocycles. The lowest BCUT2D eigenvalue weighted by atomic mass is 9.70. The van der Waals surface area contributed by atoms with Crippen LogP contribution in [0.25, 0.3) is 0 Å². The molecule has 0 unspecified atom stereocenters. The summed E-state index contributed by atoms with van der Waals surface area (Å²) in [5, 5.41) is 0. The highest BCUT2D eigenvalue weighted by molar-refractivity contribution is 6.11. The van der Waals surface area contributed by atoms with E-state index in [1.165, 1.54) is 64.2 Å². The average molecular weight is 280 g/mol. The topological polar surface area (TPSA) is 0 Å². The van der Waals surface area contributed by atoms with E-state index in [4.69, 9.17) is 7.85 Å². The van der Waals surface area contributed by atoms with Crippen LogP contribution in [0, 0.1) is 11.8 Å². The van der Waals surface area contributed by atoms with E-state index in [9.17, 15) is 0 Å². The van der Waals surface area contributed by atoms with Gasteiger partial charge in [0.05, 0.1) is 7.85 Å². The van der Waals surface area contributed by atoms with Crippen molar-refractivity contribution in [2.24, 2.45) is 11.8 Å². The SMILES string of the molecule is [B]C1CCC(CCC2CCC(c3ccccc3)CC2)CC1. The fourth-order valence-corrected chi connectivity index (χ4v) is 4.46. The van der Waals surface area contributed by atoms with Crippen LogP contribution >= 0.6 is 0 Å². The molecule has 0 N–H and O–H groups in total. The summed E-state index contributed by atoms with van der Waals surface area (Å²) in [7, 11) is 6.01. The van der Waals surface area contributed by atoms with Gasteiger partial charge in [-0.15, -0.1) is 0 Å². The molecular weight excluding hydrogens is 251 g/mol. The van der Waals surface area contributed by atoms with Crippen LogP contribution in [0.3, 0.4) is 0 Å². The van der Waals surface area contributed by atoms with Crippen molar-refractivity contribution in [1.29, 1.82) is 0 Å². The molecule has 21 heavy (non-hydrogen) atoms. The Balaban J connectivity index is 1.38. The van der Waals surface area contributed by atoms with Crippen LogP contribution in [-0.4, -0.2) is 7.85 Å². The van der Waals surface area contributed by atoms with Crippen LogP contribution < -0.4 is 0 Å². The van der Waals surface area contributed by atoms with Gasteiger partial charge in [-0.2, -0.15) is 0 Å². The smallest absolute Gasteiger partial charge is 0.0699 e. The van der Waals surface area contributed by atoms with Gasteiger partial charge >= 0.3 is 0 Å². The Hall–Kier alpha value is -0.715. The third kappa shape index (κ3) is 4.38. The number of hydrogen-bond donors (Lipinski definition) is 0. The van der Waals surface area contributed by atoms with Crippen LogP contribution in [0.2, 0.25) is 5.82 Å². The summed E-state index contributed by atoms with van der Waals surface area (Å²) in [5.41, 5.74) is 1.57. The summed E-state index contributed by atoms with van der Waals surface area (Å²) in [4.78, 5) is 0. The summed E-state index contributed by atoms with van der Waals surface area (Å²) >= 11 is 0. The van der Waals surface area contributed by atoms with Gasteiger partial charge in [-0.25, -0.2) is 0 Å². The van der Waals surface area contributed by atoms with E-state index >= 15 is 0 Å². The second kappa shape index (κ2) is 7.52. The van der Waals surface area contributed by atoms with Gasteiger partial charge in [-0.05, 0) is 49.0 Å². The zero-order valence-corrected chi connectivity index (χ0v) is 13.3. The first-order valence-corrected chi connectivity index (χ1v) is 9.12. The van der Waals surface area contributed by atoms with E-state index in [1.54, 1.807) is 5.56 Å². The molecule has 112 valence electrons. The van der Waals surface area contributed by atoms with Gasteiger partial charge in [0, 0.05) is 0 Å². The minimum Gasteiger partial charge on any atom is -0.0774 e. The molecular formula is C20H29B. The summed E-state index contributed by atoms with van der Waals surface area (Å²) in [6, 6.07) is 11.1. The molecule has 2 aliphatic rings. The second-order valence-electron chi connectivity index (χ2n) is 7.49. The van der Waals surface area contributed by atoms with Gasteiger partial charge in [-0.3, -0.25) is 0 Å². The Morgan fingerprint density at radius 1 is 0.714 bits per heavy atom. The fourth-order valence-electron chi connectivity index (χ4n) is 4.46. The molecule has 1 heteroatoms. The van der Waals surface area contributed by atoms with Gasteiger partial charge in [0.1, 0.15) is 0 Å². The van der Waals surface area contributed by atoms with E-state index < -0.39 is 0 Å². The molecule has 0 spiro atoms. The minimum atomic E-state index is 0.502. The minimum absolute atomic E-state index is 0.502. The van der Waals surface area contributed by atoms with Crippen molar-refractivity contribution in [3.63, 3.8) is 0 Å². The maximum atomic E-state index is 6.01. The third-order valence-corrected chi connectivity index (χ3v) is 5.99. The van der Waals surface area contributed by atoms with E-state index in [0.717, 1.165) is 17.8 Å². The molecule has 1 aromatic rings. The molecule has 0 nitrogen and oxygen atoms in total. The van der Waals surface area contributed by atoms with Gasteiger partial charge < -0.3 is 0 Å². The zero-order chi connectivity index (χ0) is 14.5. The van der Waals surface area contributed by atoms with Gasteiger partial charge in [0.2, 0.25) is 0 Å². The lowest BCUT2D eigenvalue weighted by molar-refractivity contribution is 0.261. The highest BCUT2D eigenvalue weighted by Crippen LogP contribution is 2.39. The number of hydrogen-bond acceptors (Lipinski definition) is 0. The van der Waals surface area contributed by atoms with Crippen LogP contribution in [0.1, 0.15) is 75.7 Å². The van der Waals surface area contributed by atoms with Crippen molar-refractivity contribution in [2.75, 3.05) is 0 Å². The first-order chi connectivity index (χ1) is 10.3. The van der Waals surface area contributed by atoms with Gasteiger partial charge in [0.25, 0.3) is 0 Å². The molecule has 0 bridgehead atoms. The van der Waals surface area contributed by atoms with Crippen LogP contribution in [0.15, 0.2) is 30.3 Å². The molecule has 0 aromatic heterocycles. The van der Waals surface area contributed by atoms with E-state index in [1.807, 2.05) is 0 Å². The Labute approximate surface area is 132 Å². The Morgan fingerprint density at radius 2 is 1.24 bits per heavy atom. The number of rotatable bonds is 4. The molecule has 0 atom stereocenters. The van der Waals surface area contributed by atoms with Gasteiger partial charge in [-0.1, -0.05) is 74.7 Å². The first kappa shape index (κ1) is 15.2.